The average Bonchev–Trinajstić information content (AvgIpc) is 3.35. The summed E-state index contributed by atoms with van der Waals surface area (Å²) in [5, 5.41) is 4.07. The minimum absolute atomic E-state index is 0.0168. The summed E-state index contributed by atoms with van der Waals surface area (Å²) in [6.07, 6.45) is 0.303. The third-order valence-electron chi connectivity index (χ3n) is 4.70. The van der Waals surface area contributed by atoms with Crippen molar-refractivity contribution in [1.82, 2.24) is 10.1 Å². The highest BCUT2D eigenvalue weighted by molar-refractivity contribution is 9.10. The Morgan fingerprint density at radius 3 is 2.64 bits per heavy atom. The lowest BCUT2D eigenvalue weighted by molar-refractivity contribution is -0.117. The van der Waals surface area contributed by atoms with Gasteiger partial charge in [-0.2, -0.15) is 4.98 Å². The SMILES string of the molecule is COc1ccc(N2CC(c3nc(-c4ccc(Br)cc4)no3)CC2=O)c(OC)c1. The van der Waals surface area contributed by atoms with E-state index in [2.05, 4.69) is 26.1 Å². The van der Waals surface area contributed by atoms with Crippen molar-refractivity contribution in [3.63, 3.8) is 0 Å². The van der Waals surface area contributed by atoms with Crippen molar-refractivity contribution in [2.45, 2.75) is 12.3 Å². The Bertz CT molecular complexity index is 1000. The number of rotatable bonds is 5. The van der Waals surface area contributed by atoms with Crippen LogP contribution in [0.4, 0.5) is 5.69 Å². The maximum absolute atomic E-state index is 12.6. The summed E-state index contributed by atoms with van der Waals surface area (Å²) in [6, 6.07) is 13.0. The maximum Gasteiger partial charge on any atom is 0.232 e. The van der Waals surface area contributed by atoms with E-state index in [0.717, 1.165) is 10.0 Å². The molecule has 0 bridgehead atoms. The van der Waals surface area contributed by atoms with Crippen molar-refractivity contribution in [2.24, 2.45) is 0 Å². The van der Waals surface area contributed by atoms with Gasteiger partial charge in [-0.05, 0) is 36.4 Å². The van der Waals surface area contributed by atoms with E-state index in [-0.39, 0.29) is 11.8 Å². The van der Waals surface area contributed by atoms with Gasteiger partial charge in [0.2, 0.25) is 17.6 Å². The molecule has 8 heteroatoms. The molecule has 1 saturated heterocycles. The second kappa shape index (κ2) is 7.63. The molecule has 1 unspecified atom stereocenters. The van der Waals surface area contributed by atoms with Crippen molar-refractivity contribution >= 4 is 27.5 Å². The summed E-state index contributed by atoms with van der Waals surface area (Å²) >= 11 is 3.41. The summed E-state index contributed by atoms with van der Waals surface area (Å²) in [5.41, 5.74) is 1.56. The minimum atomic E-state index is -0.170. The van der Waals surface area contributed by atoms with Crippen molar-refractivity contribution in [2.75, 3.05) is 25.7 Å². The normalized spacial score (nSPS) is 16.5. The van der Waals surface area contributed by atoms with E-state index >= 15 is 0 Å². The van der Waals surface area contributed by atoms with Crippen molar-refractivity contribution in [1.29, 1.82) is 0 Å². The Morgan fingerprint density at radius 2 is 1.93 bits per heavy atom. The molecular weight excluding hydrogens is 426 g/mol. The van der Waals surface area contributed by atoms with Gasteiger partial charge in [-0.15, -0.1) is 0 Å². The number of hydrogen-bond donors (Lipinski definition) is 0. The van der Waals surface area contributed by atoms with Crippen molar-refractivity contribution in [3.8, 4) is 22.9 Å². The third kappa shape index (κ3) is 3.47. The van der Waals surface area contributed by atoms with E-state index in [4.69, 9.17) is 14.0 Å². The molecule has 3 aromatic rings. The fourth-order valence-electron chi connectivity index (χ4n) is 3.23. The molecule has 7 nitrogen and oxygen atoms in total. The summed E-state index contributed by atoms with van der Waals surface area (Å²) in [4.78, 5) is 18.8. The molecule has 0 radical (unpaired) electrons. The van der Waals surface area contributed by atoms with Crippen LogP contribution < -0.4 is 14.4 Å². The van der Waals surface area contributed by atoms with E-state index in [1.165, 1.54) is 0 Å². The van der Waals surface area contributed by atoms with Crippen LogP contribution in [0.1, 0.15) is 18.2 Å². The molecule has 1 amide bonds. The number of benzene rings is 2. The van der Waals surface area contributed by atoms with Gasteiger partial charge in [-0.1, -0.05) is 21.1 Å². The van der Waals surface area contributed by atoms with Crippen molar-refractivity contribution in [3.05, 3.63) is 52.8 Å². The first-order chi connectivity index (χ1) is 13.6. The van der Waals surface area contributed by atoms with Gasteiger partial charge in [0.15, 0.2) is 0 Å². The molecule has 1 fully saturated rings. The lowest BCUT2D eigenvalue weighted by Crippen LogP contribution is -2.24. The average molecular weight is 444 g/mol. The standard InChI is InChI=1S/C20H18BrN3O4/c1-26-15-7-8-16(17(10-15)27-2)24-11-13(9-18(24)25)20-22-19(23-28-20)12-3-5-14(21)6-4-12/h3-8,10,13H,9,11H2,1-2H3. The van der Waals surface area contributed by atoms with Gasteiger partial charge in [0.05, 0.1) is 25.8 Å². The zero-order chi connectivity index (χ0) is 19.7. The second-order valence-corrected chi connectivity index (χ2v) is 7.32. The fraction of sp³-hybridized carbons (Fsp3) is 0.250. The van der Waals surface area contributed by atoms with Crippen LogP contribution in [0.5, 0.6) is 11.5 Å². The molecule has 2 aromatic carbocycles. The Balaban J connectivity index is 1.56. The van der Waals surface area contributed by atoms with E-state index < -0.39 is 0 Å². The summed E-state index contributed by atoms with van der Waals surface area (Å²) in [7, 11) is 3.16. The predicted octanol–water partition coefficient (Wildman–Crippen LogP) is 4.04. The fourth-order valence-corrected chi connectivity index (χ4v) is 3.50. The van der Waals surface area contributed by atoms with E-state index in [9.17, 15) is 4.79 Å². The zero-order valence-electron chi connectivity index (χ0n) is 15.4. The first kappa shape index (κ1) is 18.5. The Morgan fingerprint density at radius 1 is 1.14 bits per heavy atom. The number of amides is 1. The minimum Gasteiger partial charge on any atom is -0.497 e. The van der Waals surface area contributed by atoms with Crippen LogP contribution in [0.15, 0.2) is 51.5 Å². The number of ether oxygens (including phenoxy) is 2. The molecule has 2 heterocycles. The number of nitrogens with zero attached hydrogens (tertiary/aromatic N) is 3. The number of methoxy groups -OCH3 is 2. The second-order valence-electron chi connectivity index (χ2n) is 6.41. The maximum atomic E-state index is 12.6. The molecule has 28 heavy (non-hydrogen) atoms. The molecule has 0 saturated carbocycles. The molecule has 4 rings (SSSR count). The van der Waals surface area contributed by atoms with Crippen LogP contribution in [0.3, 0.4) is 0 Å². The van der Waals surface area contributed by atoms with Gasteiger partial charge in [-0.3, -0.25) is 4.79 Å². The number of carbonyl (C=O) groups is 1. The number of aromatic nitrogens is 2. The molecule has 1 aromatic heterocycles. The van der Waals surface area contributed by atoms with Crippen molar-refractivity contribution < 1.29 is 18.8 Å². The molecule has 0 N–H and O–H groups in total. The number of carbonyl (C=O) groups excluding carboxylic acids is 1. The van der Waals surface area contributed by atoms with Crippen LogP contribution in [0.25, 0.3) is 11.4 Å². The van der Waals surface area contributed by atoms with Gasteiger partial charge in [0.25, 0.3) is 0 Å². The lowest BCUT2D eigenvalue weighted by Gasteiger charge is -2.19. The zero-order valence-corrected chi connectivity index (χ0v) is 17.0. The predicted molar refractivity (Wildman–Crippen MR) is 107 cm³/mol. The molecule has 1 atom stereocenters. The molecule has 0 spiro atoms. The van der Waals surface area contributed by atoms with Gasteiger partial charge in [-0.25, -0.2) is 0 Å². The molecule has 0 aliphatic carbocycles. The van der Waals surface area contributed by atoms with Crippen LogP contribution in [0.2, 0.25) is 0 Å². The quantitative estimate of drug-likeness (QED) is 0.591. The van der Waals surface area contributed by atoms with Gasteiger partial charge < -0.3 is 18.9 Å². The first-order valence-electron chi connectivity index (χ1n) is 8.71. The van der Waals surface area contributed by atoms with Gasteiger partial charge in [0, 0.05) is 29.1 Å². The van der Waals surface area contributed by atoms with Gasteiger partial charge in [0.1, 0.15) is 11.5 Å². The van der Waals surface area contributed by atoms with Crippen LogP contribution in [-0.2, 0) is 4.79 Å². The first-order valence-corrected chi connectivity index (χ1v) is 9.50. The monoisotopic (exact) mass is 443 g/mol. The van der Waals surface area contributed by atoms with Crippen LogP contribution in [0, 0.1) is 0 Å². The molecule has 1 aliphatic heterocycles. The molecule has 144 valence electrons. The number of anilines is 1. The molecule has 1 aliphatic rings. The summed E-state index contributed by atoms with van der Waals surface area (Å²) in [5.74, 6) is 2.03. The highest BCUT2D eigenvalue weighted by Crippen LogP contribution is 2.38. The van der Waals surface area contributed by atoms with Crippen LogP contribution >= 0.6 is 15.9 Å². The summed E-state index contributed by atoms with van der Waals surface area (Å²) in [6.45, 7) is 0.448. The van der Waals surface area contributed by atoms with Crippen LogP contribution in [-0.4, -0.2) is 36.8 Å². The largest absolute Gasteiger partial charge is 0.497 e. The smallest absolute Gasteiger partial charge is 0.232 e. The van der Waals surface area contributed by atoms with E-state index in [1.807, 2.05) is 30.3 Å². The third-order valence-corrected chi connectivity index (χ3v) is 5.22. The highest BCUT2D eigenvalue weighted by Gasteiger charge is 2.36. The van der Waals surface area contributed by atoms with Gasteiger partial charge >= 0.3 is 0 Å². The number of halogens is 1. The highest BCUT2D eigenvalue weighted by atomic mass is 79.9. The van der Waals surface area contributed by atoms with E-state index in [1.54, 1.807) is 31.3 Å². The Kier molecular flexibility index (Phi) is 5.04. The Labute approximate surface area is 170 Å². The summed E-state index contributed by atoms with van der Waals surface area (Å²) < 4.78 is 17.1. The topological polar surface area (TPSA) is 77.7 Å². The number of hydrogen-bond acceptors (Lipinski definition) is 6. The Hall–Kier alpha value is -2.87. The molecular formula is C20H18BrN3O4. The van der Waals surface area contributed by atoms with E-state index in [0.29, 0.717) is 41.9 Å². The lowest BCUT2D eigenvalue weighted by atomic mass is 10.1.